The van der Waals surface area contributed by atoms with Crippen molar-refractivity contribution in [1.82, 2.24) is 0 Å². The molecule has 0 saturated heterocycles. The highest BCUT2D eigenvalue weighted by Crippen LogP contribution is 2.67. The molecule has 6 rings (SSSR count). The van der Waals surface area contributed by atoms with Crippen LogP contribution in [0.5, 0.6) is 0 Å². The second-order valence-electron chi connectivity index (χ2n) is 9.77. The zero-order valence-corrected chi connectivity index (χ0v) is 17.8. The quantitative estimate of drug-likeness (QED) is 0.495. The lowest BCUT2D eigenvalue weighted by molar-refractivity contribution is -0.187. The molecule has 156 valence electrons. The van der Waals surface area contributed by atoms with Crippen molar-refractivity contribution in [2.24, 2.45) is 35.5 Å². The zero-order chi connectivity index (χ0) is 20.2. The van der Waals surface area contributed by atoms with Crippen LogP contribution in [0.4, 0.5) is 13.2 Å². The molecule has 2 heterocycles. The minimum absolute atomic E-state index is 0.0385. The van der Waals surface area contributed by atoms with Gasteiger partial charge in [0.15, 0.2) is 11.6 Å². The highest BCUT2D eigenvalue weighted by atomic mass is 32.2. The Hall–Kier alpha value is -0.690. The first-order valence-corrected chi connectivity index (χ1v) is 12.5. The summed E-state index contributed by atoms with van der Waals surface area (Å²) in [7, 11) is 0. The van der Waals surface area contributed by atoms with Crippen LogP contribution in [-0.4, -0.2) is 28.2 Å². The second-order valence-corrected chi connectivity index (χ2v) is 12.1. The molecule has 2 nitrogen and oxygen atoms in total. The van der Waals surface area contributed by atoms with Gasteiger partial charge in [-0.3, -0.25) is 9.59 Å². The minimum Gasteiger partial charge on any atom is -0.293 e. The highest BCUT2D eigenvalue weighted by molar-refractivity contribution is 8.10. The summed E-state index contributed by atoms with van der Waals surface area (Å²) in [6.45, 7) is 2.22. The van der Waals surface area contributed by atoms with Crippen molar-refractivity contribution in [1.29, 1.82) is 0 Å². The van der Waals surface area contributed by atoms with Crippen molar-refractivity contribution < 1.29 is 22.8 Å². The van der Waals surface area contributed by atoms with Crippen LogP contribution in [0, 0.1) is 35.5 Å². The smallest absolute Gasteiger partial charge is 0.293 e. The molecule has 0 N–H and O–H groups in total. The molecule has 2 aliphatic heterocycles. The molecule has 0 aromatic rings. The molecular formula is C22H23F3O2S2. The Morgan fingerprint density at radius 3 is 1.83 bits per heavy atom. The molecule has 0 spiro atoms. The monoisotopic (exact) mass is 440 g/mol. The molecule has 0 aromatic heterocycles. The third kappa shape index (κ3) is 2.52. The van der Waals surface area contributed by atoms with Crippen molar-refractivity contribution in [3.05, 3.63) is 21.0 Å². The van der Waals surface area contributed by atoms with E-state index < -0.39 is 18.0 Å². The molecule has 0 radical (unpaired) electrons. The van der Waals surface area contributed by atoms with E-state index in [1.54, 1.807) is 23.5 Å². The van der Waals surface area contributed by atoms with Gasteiger partial charge < -0.3 is 0 Å². The van der Waals surface area contributed by atoms with Gasteiger partial charge in [0.25, 0.3) is 0 Å². The van der Waals surface area contributed by atoms with Crippen LogP contribution in [0.15, 0.2) is 21.0 Å². The average molecular weight is 441 g/mol. The van der Waals surface area contributed by atoms with Crippen LogP contribution in [0.3, 0.4) is 0 Å². The van der Waals surface area contributed by atoms with E-state index in [-0.39, 0.29) is 41.0 Å². The lowest BCUT2D eigenvalue weighted by atomic mass is 9.71. The standard InChI is InChI=1S/C22H23F3O2S2/c1-8-2-4-10-12(6-8)16(26)18-14(10)20-21(28-18)15-11-5-3-9(22(23,24)25)7-13(11)17(27)19(15)29-20/h8-13,20-21H,2-7H2,1H3. The van der Waals surface area contributed by atoms with Crippen LogP contribution >= 0.6 is 23.5 Å². The molecule has 0 bridgehead atoms. The van der Waals surface area contributed by atoms with E-state index >= 15 is 0 Å². The molecule has 0 aromatic carbocycles. The first-order chi connectivity index (χ1) is 13.8. The Balaban J connectivity index is 1.27. The van der Waals surface area contributed by atoms with Crippen LogP contribution in [-0.2, 0) is 9.59 Å². The van der Waals surface area contributed by atoms with Gasteiger partial charge in [-0.05, 0) is 61.0 Å². The van der Waals surface area contributed by atoms with E-state index in [2.05, 4.69) is 6.92 Å². The largest absolute Gasteiger partial charge is 0.391 e. The number of rotatable bonds is 0. The van der Waals surface area contributed by atoms with E-state index in [4.69, 9.17) is 0 Å². The third-order valence-corrected chi connectivity index (χ3v) is 11.3. The first-order valence-electron chi connectivity index (χ1n) is 10.7. The number of carbonyl (C=O) groups excluding carboxylic acids is 2. The average Bonchev–Trinajstić information content (AvgIpc) is 3.34. The van der Waals surface area contributed by atoms with E-state index in [9.17, 15) is 22.8 Å². The van der Waals surface area contributed by atoms with E-state index in [1.165, 1.54) is 5.57 Å². The normalized spacial score (nSPS) is 46.1. The SMILES string of the molecule is CC1CCC2C3=C(SC4C5=C(SC34)C(=O)C3CC(C(F)(F)F)CCC53)C(=O)C2C1. The predicted octanol–water partition coefficient (Wildman–Crippen LogP) is 5.54. The first kappa shape index (κ1) is 19.0. The number of halogens is 3. The van der Waals surface area contributed by atoms with Gasteiger partial charge in [-0.2, -0.15) is 13.2 Å². The minimum atomic E-state index is -4.21. The summed E-state index contributed by atoms with van der Waals surface area (Å²) in [4.78, 5) is 27.9. The van der Waals surface area contributed by atoms with Gasteiger partial charge in [0.05, 0.1) is 15.7 Å². The lowest BCUT2D eigenvalue weighted by Gasteiger charge is -2.36. The maximum absolute atomic E-state index is 13.2. The number of hydrogen-bond donors (Lipinski definition) is 0. The van der Waals surface area contributed by atoms with E-state index in [0.29, 0.717) is 24.0 Å². The number of alkyl halides is 3. The molecule has 7 heteroatoms. The Bertz CT molecular complexity index is 889. The predicted molar refractivity (Wildman–Crippen MR) is 107 cm³/mol. The number of carbonyl (C=O) groups is 2. The van der Waals surface area contributed by atoms with Crippen molar-refractivity contribution in [3.63, 3.8) is 0 Å². The lowest BCUT2D eigenvalue weighted by Crippen LogP contribution is -2.37. The number of ketones is 2. The summed E-state index contributed by atoms with van der Waals surface area (Å²) in [6, 6.07) is 0. The van der Waals surface area contributed by atoms with Gasteiger partial charge in [-0.15, -0.1) is 23.5 Å². The Kier molecular flexibility index (Phi) is 4.06. The van der Waals surface area contributed by atoms with Gasteiger partial charge in [-0.25, -0.2) is 0 Å². The number of Topliss-reactive ketones (excluding diaryl/α,β-unsaturated/α-hetero) is 2. The zero-order valence-electron chi connectivity index (χ0n) is 16.1. The van der Waals surface area contributed by atoms with Crippen molar-refractivity contribution >= 4 is 35.1 Å². The maximum atomic E-state index is 13.2. The molecule has 29 heavy (non-hydrogen) atoms. The highest BCUT2D eigenvalue weighted by Gasteiger charge is 2.61. The fourth-order valence-corrected chi connectivity index (χ4v) is 10.6. The van der Waals surface area contributed by atoms with Crippen LogP contribution in [0.25, 0.3) is 0 Å². The van der Waals surface area contributed by atoms with Gasteiger partial charge in [0.2, 0.25) is 0 Å². The third-order valence-electron chi connectivity index (χ3n) is 8.25. The van der Waals surface area contributed by atoms with Crippen molar-refractivity contribution in [2.75, 3.05) is 0 Å². The summed E-state index contributed by atoms with van der Waals surface area (Å²) in [5.41, 5.74) is 2.39. The molecule has 8 atom stereocenters. The van der Waals surface area contributed by atoms with Crippen LogP contribution < -0.4 is 0 Å². The molecule has 0 amide bonds. The summed E-state index contributed by atoms with van der Waals surface area (Å²) >= 11 is 3.23. The fourth-order valence-electron chi connectivity index (χ4n) is 6.89. The van der Waals surface area contributed by atoms with Gasteiger partial charge in [-0.1, -0.05) is 13.3 Å². The summed E-state index contributed by atoms with van der Waals surface area (Å²) in [5.74, 6) is -0.577. The summed E-state index contributed by atoms with van der Waals surface area (Å²) in [5, 5.41) is 0.267. The molecule has 4 aliphatic carbocycles. The van der Waals surface area contributed by atoms with Gasteiger partial charge in [0, 0.05) is 22.3 Å². The number of allylic oxidation sites excluding steroid dienone is 2. The maximum Gasteiger partial charge on any atom is 0.391 e. The molecule has 2 fully saturated rings. The fraction of sp³-hybridized carbons (Fsp3) is 0.727. The van der Waals surface area contributed by atoms with Crippen molar-refractivity contribution in [2.45, 2.75) is 62.1 Å². The summed E-state index contributed by atoms with van der Waals surface area (Å²) in [6.07, 6.45) is -0.529. The summed E-state index contributed by atoms with van der Waals surface area (Å²) < 4.78 is 39.7. The number of hydrogen-bond acceptors (Lipinski definition) is 4. The van der Waals surface area contributed by atoms with E-state index in [0.717, 1.165) is 34.6 Å². The Morgan fingerprint density at radius 1 is 0.759 bits per heavy atom. The topological polar surface area (TPSA) is 34.1 Å². The number of fused-ring (bicyclic) bond motifs is 7. The number of thioether (sulfide) groups is 2. The second kappa shape index (κ2) is 6.18. The Labute approximate surface area is 176 Å². The van der Waals surface area contributed by atoms with Crippen LogP contribution in [0.2, 0.25) is 0 Å². The van der Waals surface area contributed by atoms with Gasteiger partial charge in [0.1, 0.15) is 0 Å². The van der Waals surface area contributed by atoms with Crippen LogP contribution in [0.1, 0.15) is 45.4 Å². The molecule has 8 unspecified atom stereocenters. The molecular weight excluding hydrogens is 417 g/mol. The molecule has 2 saturated carbocycles. The molecule has 6 aliphatic rings. The Morgan fingerprint density at radius 2 is 1.28 bits per heavy atom. The van der Waals surface area contributed by atoms with E-state index in [1.807, 2.05) is 0 Å². The van der Waals surface area contributed by atoms with Crippen molar-refractivity contribution in [3.8, 4) is 0 Å². The van der Waals surface area contributed by atoms with Gasteiger partial charge >= 0.3 is 6.18 Å².